The molecule has 0 saturated heterocycles. The number of pyridine rings is 1. The summed E-state index contributed by atoms with van der Waals surface area (Å²) in [5.41, 5.74) is -3.82. The second-order valence-electron chi connectivity index (χ2n) is 14.1. The topological polar surface area (TPSA) is 93.5 Å². The van der Waals surface area contributed by atoms with Crippen LogP contribution in [0.1, 0.15) is 98.2 Å². The van der Waals surface area contributed by atoms with E-state index in [1.165, 1.54) is 34.0 Å². The molecule has 0 spiro atoms. The maximum Gasteiger partial charge on any atom is 0.416 e. The van der Waals surface area contributed by atoms with Gasteiger partial charge in [-0.25, -0.2) is 18.6 Å². The van der Waals surface area contributed by atoms with Crippen LogP contribution in [-0.4, -0.2) is 53.7 Å². The highest BCUT2D eigenvalue weighted by Gasteiger charge is 2.61. The van der Waals surface area contributed by atoms with Crippen LogP contribution in [0, 0.1) is 0 Å². The molecule has 2 fully saturated rings. The number of amides is 2. The minimum atomic E-state index is -4.83. The number of carbonyl (C=O) groups excluding carboxylic acids is 2. The van der Waals surface area contributed by atoms with E-state index in [4.69, 9.17) is 16.3 Å². The standard InChI is InChI=1S/C32H34ClF5N6O3/c1-28(2,3)47-27(46)44(29(4)7-6-8-29)13-18-9-20-21(22(10-18)32(36,37)38)14-43(25(20)45)24-12-19(11-23(33)40-24)30(15-31(34,35)16-30)26-41-39-17-42(26)5/h9-12,17H,6-8,13-16H2,1-5H3. The summed E-state index contributed by atoms with van der Waals surface area (Å²) in [7, 11) is 1.61. The van der Waals surface area contributed by atoms with Gasteiger partial charge >= 0.3 is 12.3 Å². The SMILES string of the molecule is Cn1cnnc1C1(c2cc(Cl)nc(N3Cc4c(cc(CN(C(=O)OC(C)(C)C)C5(C)CCC5)cc4C(F)(F)F)C3=O)c2)CC(F)(F)C1. The zero-order valence-electron chi connectivity index (χ0n) is 26.5. The number of halogens is 6. The Morgan fingerprint density at radius 3 is 2.32 bits per heavy atom. The summed E-state index contributed by atoms with van der Waals surface area (Å²) in [6, 6.07) is 5.13. The Hall–Kier alpha value is -3.81. The van der Waals surface area contributed by atoms with E-state index in [0.29, 0.717) is 12.8 Å². The van der Waals surface area contributed by atoms with Gasteiger partial charge in [-0.1, -0.05) is 11.6 Å². The monoisotopic (exact) mass is 680 g/mol. The number of hydrogen-bond acceptors (Lipinski definition) is 6. The van der Waals surface area contributed by atoms with Crippen LogP contribution in [0.3, 0.4) is 0 Å². The predicted molar refractivity (Wildman–Crippen MR) is 161 cm³/mol. The summed E-state index contributed by atoms with van der Waals surface area (Å²) in [6.07, 6.45) is -3.15. The molecule has 252 valence electrons. The van der Waals surface area contributed by atoms with Crippen LogP contribution in [0.2, 0.25) is 5.15 Å². The molecule has 2 aliphatic carbocycles. The summed E-state index contributed by atoms with van der Waals surface area (Å²) >= 11 is 6.36. The zero-order valence-corrected chi connectivity index (χ0v) is 27.3. The first kappa shape index (κ1) is 33.1. The van der Waals surface area contributed by atoms with Gasteiger partial charge in [0.15, 0.2) is 0 Å². The molecule has 2 saturated carbocycles. The molecule has 3 aromatic rings. The lowest BCUT2D eigenvalue weighted by Crippen LogP contribution is -2.54. The van der Waals surface area contributed by atoms with Gasteiger partial charge in [0.25, 0.3) is 11.8 Å². The number of rotatable bonds is 6. The molecular formula is C32H34ClF5N6O3. The molecule has 9 nitrogen and oxygen atoms in total. The van der Waals surface area contributed by atoms with E-state index in [0.717, 1.165) is 17.4 Å². The maximum atomic E-state index is 14.6. The van der Waals surface area contributed by atoms with Gasteiger partial charge in [-0.15, -0.1) is 10.2 Å². The van der Waals surface area contributed by atoms with Crippen molar-refractivity contribution in [2.45, 2.75) is 102 Å². The summed E-state index contributed by atoms with van der Waals surface area (Å²) in [5, 5.41) is 7.77. The van der Waals surface area contributed by atoms with E-state index in [1.54, 1.807) is 27.8 Å². The number of aryl methyl sites for hydroxylation is 1. The van der Waals surface area contributed by atoms with Crippen LogP contribution in [0.15, 0.2) is 30.6 Å². The molecule has 47 heavy (non-hydrogen) atoms. The van der Waals surface area contributed by atoms with Crippen LogP contribution in [0.4, 0.5) is 32.6 Å². The highest BCUT2D eigenvalue weighted by molar-refractivity contribution is 6.29. The Morgan fingerprint density at radius 2 is 1.79 bits per heavy atom. The molecule has 0 unspecified atom stereocenters. The number of fused-ring (bicyclic) bond motifs is 1. The molecule has 2 aromatic heterocycles. The first-order valence-corrected chi connectivity index (χ1v) is 15.6. The maximum absolute atomic E-state index is 14.6. The molecule has 0 N–H and O–H groups in total. The lowest BCUT2D eigenvalue weighted by Gasteiger charge is -2.47. The summed E-state index contributed by atoms with van der Waals surface area (Å²) < 4.78 is 79.6. The number of hydrogen-bond donors (Lipinski definition) is 0. The van der Waals surface area contributed by atoms with E-state index in [1.807, 2.05) is 6.92 Å². The second-order valence-corrected chi connectivity index (χ2v) is 14.5. The van der Waals surface area contributed by atoms with Gasteiger partial charge in [0.2, 0.25) is 0 Å². The molecule has 0 bridgehead atoms. The number of benzene rings is 1. The third kappa shape index (κ3) is 5.93. The van der Waals surface area contributed by atoms with Crippen LogP contribution >= 0.6 is 11.6 Å². The first-order valence-electron chi connectivity index (χ1n) is 15.2. The quantitative estimate of drug-likeness (QED) is 0.199. The van der Waals surface area contributed by atoms with Crippen molar-refractivity contribution in [2.75, 3.05) is 4.90 Å². The van der Waals surface area contributed by atoms with E-state index in [2.05, 4.69) is 15.2 Å². The lowest BCUT2D eigenvalue weighted by atomic mass is 9.61. The van der Waals surface area contributed by atoms with Gasteiger partial charge in [-0.3, -0.25) is 14.6 Å². The van der Waals surface area contributed by atoms with E-state index in [9.17, 15) is 31.5 Å². The normalized spacial score (nSPS) is 19.6. The fourth-order valence-corrected chi connectivity index (χ4v) is 7.07. The molecule has 0 radical (unpaired) electrons. The molecular weight excluding hydrogens is 647 g/mol. The van der Waals surface area contributed by atoms with Crippen molar-refractivity contribution in [1.29, 1.82) is 0 Å². The zero-order chi connectivity index (χ0) is 34.3. The van der Waals surface area contributed by atoms with Crippen molar-refractivity contribution in [3.63, 3.8) is 0 Å². The summed E-state index contributed by atoms with van der Waals surface area (Å²) in [5.74, 6) is -3.59. The second kappa shape index (κ2) is 10.9. The Bertz CT molecular complexity index is 1760. The van der Waals surface area contributed by atoms with Crippen molar-refractivity contribution in [3.05, 3.63) is 69.4 Å². The Labute approximate surface area is 273 Å². The van der Waals surface area contributed by atoms with Crippen molar-refractivity contribution in [3.8, 4) is 0 Å². The van der Waals surface area contributed by atoms with Gasteiger partial charge in [-0.05, 0) is 87.9 Å². The highest BCUT2D eigenvalue weighted by atomic mass is 35.5. The van der Waals surface area contributed by atoms with Gasteiger partial charge in [0, 0.05) is 37.5 Å². The molecule has 1 aliphatic heterocycles. The number of aromatic nitrogens is 4. The number of alkyl halides is 5. The molecule has 6 rings (SSSR count). The molecule has 2 amide bonds. The van der Waals surface area contributed by atoms with Crippen LogP contribution in [0.25, 0.3) is 0 Å². The van der Waals surface area contributed by atoms with Gasteiger partial charge in [-0.2, -0.15) is 13.2 Å². The Morgan fingerprint density at radius 1 is 1.11 bits per heavy atom. The predicted octanol–water partition coefficient (Wildman–Crippen LogP) is 7.44. The van der Waals surface area contributed by atoms with E-state index in [-0.39, 0.29) is 45.6 Å². The average molecular weight is 681 g/mol. The Kier molecular flexibility index (Phi) is 7.65. The molecule has 1 aromatic carbocycles. The summed E-state index contributed by atoms with van der Waals surface area (Å²) in [6.45, 7) is 6.30. The van der Waals surface area contributed by atoms with Crippen molar-refractivity contribution < 1.29 is 36.3 Å². The fourth-order valence-electron chi connectivity index (χ4n) is 6.87. The summed E-state index contributed by atoms with van der Waals surface area (Å²) in [4.78, 5) is 33.8. The first-order chi connectivity index (χ1) is 21.7. The average Bonchev–Trinajstić information content (AvgIpc) is 3.49. The van der Waals surface area contributed by atoms with E-state index < -0.39 is 65.6 Å². The minimum absolute atomic E-state index is 0.0857. The third-order valence-corrected chi connectivity index (χ3v) is 9.51. The van der Waals surface area contributed by atoms with Crippen molar-refractivity contribution in [2.24, 2.45) is 7.05 Å². The largest absolute Gasteiger partial charge is 0.444 e. The highest BCUT2D eigenvalue weighted by Crippen LogP contribution is 2.57. The minimum Gasteiger partial charge on any atom is -0.444 e. The van der Waals surface area contributed by atoms with Gasteiger partial charge < -0.3 is 9.30 Å². The van der Waals surface area contributed by atoms with Gasteiger partial charge in [0.1, 0.15) is 28.7 Å². The van der Waals surface area contributed by atoms with Crippen molar-refractivity contribution >= 4 is 29.4 Å². The lowest BCUT2D eigenvalue weighted by molar-refractivity contribution is -0.138. The smallest absolute Gasteiger partial charge is 0.416 e. The fraction of sp³-hybridized carbons (Fsp3) is 0.531. The van der Waals surface area contributed by atoms with Crippen molar-refractivity contribution in [1.82, 2.24) is 24.6 Å². The van der Waals surface area contributed by atoms with Crippen LogP contribution < -0.4 is 4.90 Å². The number of ether oxygens (including phenoxy) is 1. The third-order valence-electron chi connectivity index (χ3n) is 9.31. The number of nitrogens with zero attached hydrogens (tertiary/aromatic N) is 6. The molecule has 0 atom stereocenters. The number of carbonyl (C=O) groups is 2. The van der Waals surface area contributed by atoms with Crippen LogP contribution in [0.5, 0.6) is 0 Å². The molecule has 3 aliphatic rings. The van der Waals surface area contributed by atoms with Crippen LogP contribution in [-0.2, 0) is 36.5 Å². The number of anilines is 1. The molecule has 15 heteroatoms. The Balaban J connectivity index is 1.38. The van der Waals surface area contributed by atoms with Gasteiger partial charge in [0.05, 0.1) is 17.5 Å². The molecule has 3 heterocycles. The van der Waals surface area contributed by atoms with E-state index >= 15 is 0 Å².